The van der Waals surface area contributed by atoms with Gasteiger partial charge in [0.2, 0.25) is 0 Å². The average Bonchev–Trinajstić information content (AvgIpc) is 2.50. The standard InChI is InChI=1S/C10H16O3/c1-4-8(2)9(11)7-10(3)12-5-6-13-10/h1,8-9,11H,5-7H2,2-3H3/t8-,9+/m1/s1. The highest BCUT2D eigenvalue weighted by Crippen LogP contribution is 2.26. The summed E-state index contributed by atoms with van der Waals surface area (Å²) in [5.41, 5.74) is 0. The summed E-state index contributed by atoms with van der Waals surface area (Å²) < 4.78 is 10.7. The fraction of sp³-hybridized carbons (Fsp3) is 0.800. The Morgan fingerprint density at radius 1 is 1.54 bits per heavy atom. The second-order valence-electron chi connectivity index (χ2n) is 3.56. The number of rotatable bonds is 3. The SMILES string of the molecule is C#C[C@@H](C)[C@@H](O)CC1(C)OCCO1. The molecule has 3 nitrogen and oxygen atoms in total. The first-order valence-electron chi connectivity index (χ1n) is 4.49. The van der Waals surface area contributed by atoms with E-state index in [1.165, 1.54) is 0 Å². The summed E-state index contributed by atoms with van der Waals surface area (Å²) in [4.78, 5) is 0. The van der Waals surface area contributed by atoms with Crippen molar-refractivity contribution in [1.29, 1.82) is 0 Å². The van der Waals surface area contributed by atoms with Crippen LogP contribution in [0.1, 0.15) is 20.3 Å². The van der Waals surface area contributed by atoms with Crippen molar-refractivity contribution in [3.63, 3.8) is 0 Å². The maximum absolute atomic E-state index is 9.64. The Bertz CT molecular complexity index is 201. The zero-order chi connectivity index (χ0) is 9.90. The molecule has 0 aromatic carbocycles. The van der Waals surface area contributed by atoms with E-state index in [2.05, 4.69) is 5.92 Å². The molecule has 0 amide bonds. The maximum Gasteiger partial charge on any atom is 0.168 e. The maximum atomic E-state index is 9.64. The Hall–Kier alpha value is -0.560. The van der Waals surface area contributed by atoms with Crippen LogP contribution in [0.25, 0.3) is 0 Å². The Morgan fingerprint density at radius 3 is 2.54 bits per heavy atom. The van der Waals surface area contributed by atoms with Gasteiger partial charge in [0.25, 0.3) is 0 Å². The third kappa shape index (κ3) is 2.70. The van der Waals surface area contributed by atoms with Crippen molar-refractivity contribution in [2.24, 2.45) is 5.92 Å². The van der Waals surface area contributed by atoms with Gasteiger partial charge in [0.15, 0.2) is 5.79 Å². The highest BCUT2D eigenvalue weighted by molar-refractivity contribution is 4.95. The normalized spacial score (nSPS) is 25.1. The fourth-order valence-corrected chi connectivity index (χ4v) is 1.34. The Morgan fingerprint density at radius 2 is 2.08 bits per heavy atom. The minimum Gasteiger partial charge on any atom is -0.392 e. The molecule has 2 atom stereocenters. The largest absolute Gasteiger partial charge is 0.392 e. The minimum absolute atomic E-state index is 0.162. The lowest BCUT2D eigenvalue weighted by Gasteiger charge is -2.26. The summed E-state index contributed by atoms with van der Waals surface area (Å²) in [6.45, 7) is 4.82. The summed E-state index contributed by atoms with van der Waals surface area (Å²) in [5, 5.41) is 9.64. The molecule has 0 radical (unpaired) electrons. The third-order valence-electron chi connectivity index (χ3n) is 2.32. The molecule has 1 N–H and O–H groups in total. The fourth-order valence-electron chi connectivity index (χ4n) is 1.34. The molecule has 13 heavy (non-hydrogen) atoms. The first-order chi connectivity index (χ1) is 6.07. The van der Waals surface area contributed by atoms with Gasteiger partial charge >= 0.3 is 0 Å². The van der Waals surface area contributed by atoms with Crippen LogP contribution >= 0.6 is 0 Å². The van der Waals surface area contributed by atoms with Crippen molar-refractivity contribution >= 4 is 0 Å². The van der Waals surface area contributed by atoms with Crippen LogP contribution in [0.5, 0.6) is 0 Å². The molecule has 0 bridgehead atoms. The van der Waals surface area contributed by atoms with Gasteiger partial charge in [0.05, 0.1) is 19.3 Å². The van der Waals surface area contributed by atoms with E-state index in [4.69, 9.17) is 15.9 Å². The number of hydrogen-bond donors (Lipinski definition) is 1. The Balaban J connectivity index is 2.43. The van der Waals surface area contributed by atoms with E-state index in [-0.39, 0.29) is 5.92 Å². The Kier molecular flexibility index (Phi) is 3.32. The molecule has 1 heterocycles. The van der Waals surface area contributed by atoms with E-state index >= 15 is 0 Å². The number of aliphatic hydroxyl groups excluding tert-OH is 1. The molecular weight excluding hydrogens is 168 g/mol. The number of ether oxygens (including phenoxy) is 2. The molecule has 1 aliphatic rings. The average molecular weight is 184 g/mol. The van der Waals surface area contributed by atoms with Crippen molar-refractivity contribution in [2.75, 3.05) is 13.2 Å². The molecule has 0 aromatic rings. The smallest absolute Gasteiger partial charge is 0.168 e. The second kappa shape index (κ2) is 4.10. The van der Waals surface area contributed by atoms with Crippen LogP contribution in [-0.4, -0.2) is 30.2 Å². The molecule has 0 spiro atoms. The summed E-state index contributed by atoms with van der Waals surface area (Å²) in [6, 6.07) is 0. The van der Waals surface area contributed by atoms with Crippen molar-refractivity contribution in [3.05, 3.63) is 0 Å². The lowest BCUT2D eigenvalue weighted by Crippen LogP contribution is -2.33. The van der Waals surface area contributed by atoms with Gasteiger partial charge in [-0.1, -0.05) is 0 Å². The van der Waals surface area contributed by atoms with Crippen LogP contribution < -0.4 is 0 Å². The Labute approximate surface area is 79.0 Å². The molecule has 0 unspecified atom stereocenters. The molecule has 3 heteroatoms. The zero-order valence-electron chi connectivity index (χ0n) is 8.12. The van der Waals surface area contributed by atoms with E-state index in [9.17, 15) is 5.11 Å². The van der Waals surface area contributed by atoms with E-state index in [0.29, 0.717) is 19.6 Å². The van der Waals surface area contributed by atoms with E-state index in [0.717, 1.165) is 0 Å². The van der Waals surface area contributed by atoms with Crippen molar-refractivity contribution in [1.82, 2.24) is 0 Å². The van der Waals surface area contributed by atoms with Crippen LogP contribution in [-0.2, 0) is 9.47 Å². The molecule has 1 saturated heterocycles. The van der Waals surface area contributed by atoms with E-state index < -0.39 is 11.9 Å². The van der Waals surface area contributed by atoms with Gasteiger partial charge in [-0.25, -0.2) is 0 Å². The third-order valence-corrected chi connectivity index (χ3v) is 2.32. The quantitative estimate of drug-likeness (QED) is 0.658. The van der Waals surface area contributed by atoms with Crippen molar-refractivity contribution < 1.29 is 14.6 Å². The van der Waals surface area contributed by atoms with Crippen molar-refractivity contribution in [3.8, 4) is 12.3 Å². The first-order valence-corrected chi connectivity index (χ1v) is 4.49. The number of hydrogen-bond acceptors (Lipinski definition) is 3. The highest BCUT2D eigenvalue weighted by atomic mass is 16.7. The van der Waals surface area contributed by atoms with Gasteiger partial charge < -0.3 is 14.6 Å². The summed E-state index contributed by atoms with van der Waals surface area (Å²) in [7, 11) is 0. The van der Waals surface area contributed by atoms with Crippen LogP contribution in [0.4, 0.5) is 0 Å². The lowest BCUT2D eigenvalue weighted by molar-refractivity contribution is -0.165. The first kappa shape index (κ1) is 10.5. The molecule has 0 saturated carbocycles. The van der Waals surface area contributed by atoms with Gasteiger partial charge in [0, 0.05) is 12.3 Å². The topological polar surface area (TPSA) is 38.7 Å². The molecule has 74 valence electrons. The number of aliphatic hydroxyl groups is 1. The van der Waals surface area contributed by atoms with Crippen LogP contribution in [0.15, 0.2) is 0 Å². The molecule has 0 aliphatic carbocycles. The molecule has 1 fully saturated rings. The molecule has 0 aromatic heterocycles. The van der Waals surface area contributed by atoms with Gasteiger partial charge in [-0.15, -0.1) is 12.3 Å². The van der Waals surface area contributed by atoms with Gasteiger partial charge in [-0.05, 0) is 13.8 Å². The predicted molar refractivity (Wildman–Crippen MR) is 48.9 cm³/mol. The zero-order valence-corrected chi connectivity index (χ0v) is 8.12. The minimum atomic E-state index is -0.648. The lowest BCUT2D eigenvalue weighted by atomic mass is 9.99. The molecule has 1 aliphatic heterocycles. The van der Waals surface area contributed by atoms with Crippen LogP contribution in [0.3, 0.4) is 0 Å². The number of terminal acetylenes is 1. The van der Waals surface area contributed by atoms with Gasteiger partial charge in [-0.2, -0.15) is 0 Å². The van der Waals surface area contributed by atoms with Crippen LogP contribution in [0.2, 0.25) is 0 Å². The second-order valence-corrected chi connectivity index (χ2v) is 3.56. The van der Waals surface area contributed by atoms with E-state index in [1.54, 1.807) is 0 Å². The van der Waals surface area contributed by atoms with Crippen LogP contribution in [0, 0.1) is 18.3 Å². The monoisotopic (exact) mass is 184 g/mol. The van der Waals surface area contributed by atoms with E-state index in [1.807, 2.05) is 13.8 Å². The van der Waals surface area contributed by atoms with Gasteiger partial charge in [-0.3, -0.25) is 0 Å². The van der Waals surface area contributed by atoms with Crippen molar-refractivity contribution in [2.45, 2.75) is 32.2 Å². The summed E-state index contributed by atoms with van der Waals surface area (Å²) >= 11 is 0. The van der Waals surface area contributed by atoms with Gasteiger partial charge in [0.1, 0.15) is 0 Å². The summed E-state index contributed by atoms with van der Waals surface area (Å²) in [5.74, 6) is 1.68. The summed E-state index contributed by atoms with van der Waals surface area (Å²) in [6.07, 6.45) is 5.07. The highest BCUT2D eigenvalue weighted by Gasteiger charge is 2.34. The predicted octanol–water partition coefficient (Wildman–Crippen LogP) is 0.770. The molecule has 1 rings (SSSR count). The molecular formula is C10H16O3.